The zero-order valence-corrected chi connectivity index (χ0v) is 9.04. The van der Waals surface area contributed by atoms with Crippen molar-refractivity contribution in [2.75, 3.05) is 0 Å². The summed E-state index contributed by atoms with van der Waals surface area (Å²) in [5.41, 5.74) is 1.00. The Morgan fingerprint density at radius 3 is 2.69 bits per heavy atom. The Morgan fingerprint density at radius 1 is 1.54 bits per heavy atom. The van der Waals surface area contributed by atoms with Crippen LogP contribution in [0, 0.1) is 6.92 Å². The molecule has 1 heterocycles. The number of aryl methyl sites for hydroxylation is 1. The van der Waals surface area contributed by atoms with Gasteiger partial charge in [0, 0.05) is 23.2 Å². The molecule has 0 aliphatic rings. The molecule has 0 bridgehead atoms. The number of nitrogens with zero attached hydrogens (tertiary/aromatic N) is 2. The summed E-state index contributed by atoms with van der Waals surface area (Å²) in [7, 11) is 0. The molecule has 0 aliphatic carbocycles. The van der Waals surface area contributed by atoms with E-state index in [0.717, 1.165) is 17.9 Å². The van der Waals surface area contributed by atoms with Crippen LogP contribution in [0.3, 0.4) is 0 Å². The van der Waals surface area contributed by atoms with Gasteiger partial charge in [0.1, 0.15) is 5.82 Å². The van der Waals surface area contributed by atoms with Gasteiger partial charge in [-0.3, -0.25) is 0 Å². The fourth-order valence-electron chi connectivity index (χ4n) is 1.36. The van der Waals surface area contributed by atoms with Gasteiger partial charge >= 0.3 is 0 Å². The van der Waals surface area contributed by atoms with Crippen molar-refractivity contribution in [1.82, 2.24) is 9.97 Å². The van der Waals surface area contributed by atoms with Gasteiger partial charge in [0.15, 0.2) is 0 Å². The molecule has 72 valence electrons. The largest absolute Gasteiger partial charge is 0.241 e. The van der Waals surface area contributed by atoms with Gasteiger partial charge in [0.2, 0.25) is 0 Å². The molecule has 0 saturated carbocycles. The highest BCUT2D eigenvalue weighted by Gasteiger charge is 2.17. The molecular formula is C10H15ClN2. The second-order valence-electron chi connectivity index (χ2n) is 3.25. The Labute approximate surface area is 84.4 Å². The van der Waals surface area contributed by atoms with Crippen LogP contribution in [0.15, 0.2) is 12.3 Å². The maximum absolute atomic E-state index is 6.05. The van der Waals surface area contributed by atoms with Crippen LogP contribution in [-0.2, 0) is 0 Å². The summed E-state index contributed by atoms with van der Waals surface area (Å²) < 4.78 is 0. The summed E-state index contributed by atoms with van der Waals surface area (Å²) in [6.07, 6.45) is 2.77. The maximum Gasteiger partial charge on any atom is 0.133 e. The molecule has 2 nitrogen and oxygen atoms in total. The number of hydrogen-bond donors (Lipinski definition) is 0. The summed E-state index contributed by atoms with van der Waals surface area (Å²) in [5, 5.41) is 0.0896. The first kappa shape index (κ1) is 10.5. The minimum atomic E-state index is 0.0896. The van der Waals surface area contributed by atoms with Crippen molar-refractivity contribution in [1.29, 1.82) is 0 Å². The Morgan fingerprint density at radius 2 is 2.23 bits per heavy atom. The van der Waals surface area contributed by atoms with Gasteiger partial charge in [0.05, 0.1) is 0 Å². The van der Waals surface area contributed by atoms with E-state index in [-0.39, 0.29) is 11.3 Å². The van der Waals surface area contributed by atoms with Crippen LogP contribution >= 0.6 is 11.6 Å². The van der Waals surface area contributed by atoms with Crippen molar-refractivity contribution >= 4 is 11.6 Å². The fraction of sp³-hybridized carbons (Fsp3) is 0.600. The maximum atomic E-state index is 6.05. The van der Waals surface area contributed by atoms with E-state index in [2.05, 4.69) is 16.9 Å². The van der Waals surface area contributed by atoms with Crippen LogP contribution < -0.4 is 0 Å². The third-order valence-electron chi connectivity index (χ3n) is 2.14. The lowest BCUT2D eigenvalue weighted by atomic mass is 10.0. The molecule has 3 heteroatoms. The molecule has 0 aromatic carbocycles. The van der Waals surface area contributed by atoms with Crippen LogP contribution in [0.1, 0.15) is 37.7 Å². The van der Waals surface area contributed by atoms with Crippen LogP contribution in [-0.4, -0.2) is 15.3 Å². The Bertz CT molecular complexity index is 273. The zero-order chi connectivity index (χ0) is 9.84. The van der Waals surface area contributed by atoms with Crippen molar-refractivity contribution in [3.63, 3.8) is 0 Å². The van der Waals surface area contributed by atoms with Gasteiger partial charge in [0.25, 0.3) is 0 Å². The summed E-state index contributed by atoms with van der Waals surface area (Å²) in [4.78, 5) is 8.61. The number of hydrogen-bond acceptors (Lipinski definition) is 2. The fourth-order valence-corrected chi connectivity index (χ4v) is 1.65. The summed E-state index contributed by atoms with van der Waals surface area (Å²) in [5.74, 6) is 1.13. The predicted octanol–water partition coefficient (Wildman–Crippen LogP) is 2.91. The first-order chi connectivity index (χ1) is 6.15. The number of alkyl halides is 1. The molecule has 1 aromatic heterocycles. The van der Waals surface area contributed by atoms with Gasteiger partial charge in [-0.25, -0.2) is 9.97 Å². The highest BCUT2D eigenvalue weighted by Crippen LogP contribution is 2.23. The molecule has 1 aromatic rings. The molecule has 0 radical (unpaired) electrons. The lowest BCUT2D eigenvalue weighted by molar-refractivity contribution is 0.606. The molecule has 0 saturated heterocycles. The Hall–Kier alpha value is -0.630. The average Bonchev–Trinajstić information content (AvgIpc) is 2.04. The quantitative estimate of drug-likeness (QED) is 0.698. The van der Waals surface area contributed by atoms with E-state index in [1.54, 1.807) is 6.20 Å². The Kier molecular flexibility index (Phi) is 3.67. The number of halogens is 1. The van der Waals surface area contributed by atoms with Crippen molar-refractivity contribution in [2.24, 2.45) is 0 Å². The molecule has 0 fully saturated rings. The third kappa shape index (κ3) is 2.66. The summed E-state index contributed by atoms with van der Waals surface area (Å²) >= 11 is 6.05. The van der Waals surface area contributed by atoms with Crippen molar-refractivity contribution in [2.45, 2.75) is 38.5 Å². The van der Waals surface area contributed by atoms with Gasteiger partial charge in [-0.15, -0.1) is 11.6 Å². The minimum absolute atomic E-state index is 0.0896. The molecule has 2 atom stereocenters. The van der Waals surface area contributed by atoms with E-state index in [9.17, 15) is 0 Å². The van der Waals surface area contributed by atoms with Gasteiger partial charge in [-0.05, 0) is 26.3 Å². The SMILES string of the molecule is CCC(c1nccc(C)n1)C(C)Cl. The van der Waals surface area contributed by atoms with Gasteiger partial charge in [-0.2, -0.15) is 0 Å². The zero-order valence-electron chi connectivity index (χ0n) is 8.29. The van der Waals surface area contributed by atoms with Crippen LogP contribution in [0.5, 0.6) is 0 Å². The molecular weight excluding hydrogens is 184 g/mol. The normalized spacial score (nSPS) is 15.4. The van der Waals surface area contributed by atoms with E-state index >= 15 is 0 Å². The lowest BCUT2D eigenvalue weighted by Gasteiger charge is -2.15. The van der Waals surface area contributed by atoms with Gasteiger partial charge in [-0.1, -0.05) is 6.92 Å². The highest BCUT2D eigenvalue weighted by molar-refractivity contribution is 6.20. The van der Waals surface area contributed by atoms with E-state index in [0.29, 0.717) is 0 Å². The van der Waals surface area contributed by atoms with E-state index < -0.39 is 0 Å². The molecule has 13 heavy (non-hydrogen) atoms. The van der Waals surface area contributed by atoms with E-state index in [1.807, 2.05) is 19.9 Å². The van der Waals surface area contributed by atoms with Crippen LogP contribution in [0.2, 0.25) is 0 Å². The molecule has 0 N–H and O–H groups in total. The average molecular weight is 199 g/mol. The van der Waals surface area contributed by atoms with Gasteiger partial charge < -0.3 is 0 Å². The second kappa shape index (κ2) is 4.56. The minimum Gasteiger partial charge on any atom is -0.241 e. The lowest BCUT2D eigenvalue weighted by Crippen LogP contribution is -2.12. The molecule has 0 aliphatic heterocycles. The summed E-state index contributed by atoms with van der Waals surface area (Å²) in [6, 6.07) is 1.90. The topological polar surface area (TPSA) is 25.8 Å². The molecule has 1 rings (SSSR count). The Balaban J connectivity index is 2.91. The summed E-state index contributed by atoms with van der Waals surface area (Å²) in [6.45, 7) is 6.06. The van der Waals surface area contributed by atoms with Crippen molar-refractivity contribution in [3.8, 4) is 0 Å². The van der Waals surface area contributed by atoms with Crippen molar-refractivity contribution < 1.29 is 0 Å². The standard InChI is InChI=1S/C10H15ClN2/c1-4-9(8(3)11)10-12-6-5-7(2)13-10/h5-6,8-9H,4H2,1-3H3. The smallest absolute Gasteiger partial charge is 0.133 e. The van der Waals surface area contributed by atoms with Crippen LogP contribution in [0.25, 0.3) is 0 Å². The van der Waals surface area contributed by atoms with Crippen molar-refractivity contribution in [3.05, 3.63) is 23.8 Å². The first-order valence-electron chi connectivity index (χ1n) is 4.58. The molecule has 2 unspecified atom stereocenters. The molecule has 0 spiro atoms. The number of aromatic nitrogens is 2. The molecule has 0 amide bonds. The van der Waals surface area contributed by atoms with E-state index in [1.165, 1.54) is 0 Å². The van der Waals surface area contributed by atoms with E-state index in [4.69, 9.17) is 11.6 Å². The first-order valence-corrected chi connectivity index (χ1v) is 5.02. The second-order valence-corrected chi connectivity index (χ2v) is 3.94. The monoisotopic (exact) mass is 198 g/mol. The predicted molar refractivity (Wildman–Crippen MR) is 55.1 cm³/mol. The highest BCUT2D eigenvalue weighted by atomic mass is 35.5. The van der Waals surface area contributed by atoms with Crippen LogP contribution in [0.4, 0.5) is 0 Å². The number of rotatable bonds is 3. The third-order valence-corrected chi connectivity index (χ3v) is 2.44.